The molecule has 2 nitrogen and oxygen atoms in total. The number of hydrogen-bond acceptors (Lipinski definition) is 2. The monoisotopic (exact) mass is 155 g/mol. The number of rotatable bonds is 4. The molecule has 0 amide bonds. The first kappa shape index (κ1) is 8.57. The van der Waals surface area contributed by atoms with Crippen molar-refractivity contribution in [3.63, 3.8) is 0 Å². The van der Waals surface area contributed by atoms with Crippen molar-refractivity contribution in [3.8, 4) is 0 Å². The number of carboxylic acids is 1. The zero-order valence-corrected chi connectivity index (χ0v) is 6.84. The molecule has 2 heteroatoms. The van der Waals surface area contributed by atoms with Gasteiger partial charge in [-0.25, -0.2) is 0 Å². The predicted molar refractivity (Wildman–Crippen MR) is 40.8 cm³/mol. The maximum atomic E-state index is 10.1. The summed E-state index contributed by atoms with van der Waals surface area (Å²) < 4.78 is 0. The van der Waals surface area contributed by atoms with Gasteiger partial charge < -0.3 is 9.90 Å². The zero-order valence-electron chi connectivity index (χ0n) is 6.84. The van der Waals surface area contributed by atoms with Crippen molar-refractivity contribution in [1.82, 2.24) is 0 Å². The van der Waals surface area contributed by atoms with Crippen molar-refractivity contribution >= 4 is 5.97 Å². The molecule has 64 valence electrons. The number of carbonyl (C=O) groups is 1. The Bertz CT molecular complexity index is 126. The Morgan fingerprint density at radius 1 is 1.36 bits per heavy atom. The Morgan fingerprint density at radius 3 is 2.55 bits per heavy atom. The Hall–Kier alpha value is -0.530. The molecule has 0 spiro atoms. The minimum Gasteiger partial charge on any atom is -0.550 e. The number of aliphatic carboxylic acids is 1. The van der Waals surface area contributed by atoms with Crippen molar-refractivity contribution in [2.24, 2.45) is 5.92 Å². The van der Waals surface area contributed by atoms with E-state index in [0.29, 0.717) is 0 Å². The van der Waals surface area contributed by atoms with E-state index < -0.39 is 5.97 Å². The van der Waals surface area contributed by atoms with Crippen molar-refractivity contribution in [1.29, 1.82) is 0 Å². The van der Waals surface area contributed by atoms with E-state index in [0.717, 1.165) is 18.8 Å². The summed E-state index contributed by atoms with van der Waals surface area (Å²) >= 11 is 0. The highest BCUT2D eigenvalue weighted by atomic mass is 16.4. The van der Waals surface area contributed by atoms with Gasteiger partial charge in [-0.05, 0) is 18.8 Å². The molecule has 0 aromatic heterocycles. The van der Waals surface area contributed by atoms with Crippen molar-refractivity contribution in [2.45, 2.75) is 44.9 Å². The first-order valence-corrected chi connectivity index (χ1v) is 4.49. The average Bonchev–Trinajstić information content (AvgIpc) is 2.39. The summed E-state index contributed by atoms with van der Waals surface area (Å²) in [6.45, 7) is 0. The van der Waals surface area contributed by atoms with Crippen molar-refractivity contribution in [2.75, 3.05) is 0 Å². The molecule has 1 aliphatic rings. The summed E-state index contributed by atoms with van der Waals surface area (Å²) in [6.07, 6.45) is 7.46. The average molecular weight is 155 g/mol. The van der Waals surface area contributed by atoms with Crippen LogP contribution in [-0.4, -0.2) is 5.97 Å². The van der Waals surface area contributed by atoms with Crippen LogP contribution in [0.3, 0.4) is 0 Å². The predicted octanol–water partition coefficient (Wildman–Crippen LogP) is 1.10. The first-order chi connectivity index (χ1) is 5.29. The van der Waals surface area contributed by atoms with Crippen LogP contribution in [0.2, 0.25) is 0 Å². The lowest BCUT2D eigenvalue weighted by Gasteiger charge is -2.07. The maximum absolute atomic E-state index is 10.1. The second-order valence-electron chi connectivity index (χ2n) is 3.41. The van der Waals surface area contributed by atoms with Gasteiger partial charge in [-0.2, -0.15) is 0 Å². The molecule has 0 bridgehead atoms. The third kappa shape index (κ3) is 3.40. The summed E-state index contributed by atoms with van der Waals surface area (Å²) in [5.41, 5.74) is 0. The Balaban J connectivity index is 1.98. The molecule has 1 fully saturated rings. The first-order valence-electron chi connectivity index (χ1n) is 4.49. The van der Waals surface area contributed by atoms with Crippen LogP contribution in [0, 0.1) is 5.92 Å². The van der Waals surface area contributed by atoms with Gasteiger partial charge in [-0.3, -0.25) is 0 Å². The minimum atomic E-state index is -0.900. The molecule has 1 aliphatic carbocycles. The van der Waals surface area contributed by atoms with E-state index in [1.807, 2.05) is 0 Å². The summed E-state index contributed by atoms with van der Waals surface area (Å²) in [7, 11) is 0. The highest BCUT2D eigenvalue weighted by Gasteiger charge is 2.13. The van der Waals surface area contributed by atoms with Gasteiger partial charge in [0.2, 0.25) is 0 Å². The molecule has 1 rings (SSSR count). The molecule has 0 saturated heterocycles. The standard InChI is InChI=1S/C9H16O2/c10-9(11)7-3-6-8-4-1-2-5-8/h8H,1-7H2,(H,10,11)/p-1. The second-order valence-corrected chi connectivity index (χ2v) is 3.41. The third-order valence-electron chi connectivity index (χ3n) is 2.47. The van der Waals surface area contributed by atoms with Gasteiger partial charge in [0.1, 0.15) is 0 Å². The molecule has 0 atom stereocenters. The quantitative estimate of drug-likeness (QED) is 0.609. The maximum Gasteiger partial charge on any atom is 0.0414 e. The van der Waals surface area contributed by atoms with Crippen LogP contribution in [0.25, 0.3) is 0 Å². The molecular weight excluding hydrogens is 140 g/mol. The number of carbonyl (C=O) groups excluding carboxylic acids is 1. The molecule has 0 radical (unpaired) electrons. The highest BCUT2D eigenvalue weighted by molar-refractivity contribution is 5.64. The molecule has 0 unspecified atom stereocenters. The van der Waals surface area contributed by atoms with Gasteiger partial charge in [0.15, 0.2) is 0 Å². The van der Waals surface area contributed by atoms with E-state index in [1.165, 1.54) is 25.7 Å². The number of hydrogen-bond donors (Lipinski definition) is 0. The lowest BCUT2D eigenvalue weighted by atomic mass is 10.0. The lowest BCUT2D eigenvalue weighted by Crippen LogP contribution is -2.21. The fourth-order valence-corrected chi connectivity index (χ4v) is 1.83. The van der Waals surface area contributed by atoms with Gasteiger partial charge in [0, 0.05) is 5.97 Å². The van der Waals surface area contributed by atoms with Crippen LogP contribution in [0.15, 0.2) is 0 Å². The van der Waals surface area contributed by atoms with Crippen LogP contribution in [0.4, 0.5) is 0 Å². The summed E-state index contributed by atoms with van der Waals surface area (Å²) in [6, 6.07) is 0. The molecular formula is C9H15O2-. The van der Waals surface area contributed by atoms with E-state index in [4.69, 9.17) is 0 Å². The van der Waals surface area contributed by atoms with Gasteiger partial charge >= 0.3 is 0 Å². The second kappa shape index (κ2) is 4.37. The SMILES string of the molecule is O=C([O-])CCCC1CCCC1. The Kier molecular flexibility index (Phi) is 3.40. The molecule has 0 N–H and O–H groups in total. The normalized spacial score (nSPS) is 18.9. The minimum absolute atomic E-state index is 0.247. The topological polar surface area (TPSA) is 40.1 Å². The van der Waals surface area contributed by atoms with E-state index in [2.05, 4.69) is 0 Å². The molecule has 11 heavy (non-hydrogen) atoms. The van der Waals surface area contributed by atoms with E-state index >= 15 is 0 Å². The van der Waals surface area contributed by atoms with Crippen LogP contribution < -0.4 is 5.11 Å². The van der Waals surface area contributed by atoms with Gasteiger partial charge in [-0.1, -0.05) is 32.1 Å². The fourth-order valence-electron chi connectivity index (χ4n) is 1.83. The summed E-state index contributed by atoms with van der Waals surface area (Å²) in [4.78, 5) is 10.1. The van der Waals surface area contributed by atoms with Crippen LogP contribution in [-0.2, 0) is 4.79 Å². The zero-order chi connectivity index (χ0) is 8.10. The van der Waals surface area contributed by atoms with Crippen LogP contribution in [0.1, 0.15) is 44.9 Å². The largest absolute Gasteiger partial charge is 0.550 e. The van der Waals surface area contributed by atoms with Gasteiger partial charge in [0.05, 0.1) is 0 Å². The van der Waals surface area contributed by atoms with E-state index in [1.54, 1.807) is 0 Å². The van der Waals surface area contributed by atoms with E-state index in [9.17, 15) is 9.90 Å². The third-order valence-corrected chi connectivity index (χ3v) is 2.47. The van der Waals surface area contributed by atoms with Crippen molar-refractivity contribution < 1.29 is 9.90 Å². The van der Waals surface area contributed by atoms with E-state index in [-0.39, 0.29) is 6.42 Å². The Morgan fingerprint density at radius 2 is 2.00 bits per heavy atom. The lowest BCUT2D eigenvalue weighted by molar-refractivity contribution is -0.305. The smallest absolute Gasteiger partial charge is 0.0414 e. The van der Waals surface area contributed by atoms with Gasteiger partial charge in [0.25, 0.3) is 0 Å². The summed E-state index contributed by atoms with van der Waals surface area (Å²) in [5.74, 6) is -0.0858. The van der Waals surface area contributed by atoms with Gasteiger partial charge in [-0.15, -0.1) is 0 Å². The molecule has 0 heterocycles. The fraction of sp³-hybridized carbons (Fsp3) is 0.889. The number of carboxylic acid groups (broad SMARTS) is 1. The Labute approximate surface area is 67.6 Å². The van der Waals surface area contributed by atoms with Crippen molar-refractivity contribution in [3.05, 3.63) is 0 Å². The van der Waals surface area contributed by atoms with Crippen LogP contribution in [0.5, 0.6) is 0 Å². The molecule has 1 saturated carbocycles. The highest BCUT2D eigenvalue weighted by Crippen LogP contribution is 2.28. The molecule has 0 aliphatic heterocycles. The molecule has 0 aromatic carbocycles. The van der Waals surface area contributed by atoms with Crippen LogP contribution >= 0.6 is 0 Å². The summed E-state index contributed by atoms with van der Waals surface area (Å²) in [5, 5.41) is 10.1. The molecule has 0 aromatic rings.